The maximum absolute atomic E-state index is 13.0. The van der Waals surface area contributed by atoms with Crippen molar-refractivity contribution in [3.05, 3.63) is 88.6 Å². The summed E-state index contributed by atoms with van der Waals surface area (Å²) in [5.41, 5.74) is 3.70. The van der Waals surface area contributed by atoms with Crippen LogP contribution >= 0.6 is 24.0 Å². The molecule has 2 heterocycles. The Morgan fingerprint density at radius 2 is 1.90 bits per heavy atom. The monoisotopic (exact) mass is 448 g/mol. The molecule has 0 saturated carbocycles. The van der Waals surface area contributed by atoms with E-state index in [0.29, 0.717) is 27.3 Å². The molecule has 3 aromatic rings. The van der Waals surface area contributed by atoms with Crippen LogP contribution in [0.3, 0.4) is 0 Å². The van der Waals surface area contributed by atoms with Gasteiger partial charge in [0.2, 0.25) is 0 Å². The third-order valence-corrected chi connectivity index (χ3v) is 5.98. The molecule has 1 saturated heterocycles. The number of aryl methyl sites for hydroxylation is 1. The Morgan fingerprint density at radius 1 is 1.10 bits per heavy atom. The van der Waals surface area contributed by atoms with Gasteiger partial charge in [0.15, 0.2) is 15.8 Å². The van der Waals surface area contributed by atoms with Crippen molar-refractivity contribution in [2.45, 2.75) is 13.5 Å². The van der Waals surface area contributed by atoms with Gasteiger partial charge in [-0.15, -0.1) is 0 Å². The molecule has 4 rings (SSSR count). The summed E-state index contributed by atoms with van der Waals surface area (Å²) in [5, 5.41) is 0. The molecule has 1 fully saturated rings. The minimum absolute atomic E-state index is 0.127. The zero-order valence-corrected chi connectivity index (χ0v) is 18.7. The largest absolute Gasteiger partial charge is 0.493 e. The van der Waals surface area contributed by atoms with Gasteiger partial charge in [0.25, 0.3) is 5.91 Å². The van der Waals surface area contributed by atoms with Crippen molar-refractivity contribution in [2.75, 3.05) is 12.0 Å². The first kappa shape index (κ1) is 21.1. The highest BCUT2D eigenvalue weighted by Crippen LogP contribution is 2.37. The topological polar surface area (TPSA) is 51.7 Å². The predicted octanol–water partition coefficient (Wildman–Crippen LogP) is 5.38. The molecular weight excluding hydrogens is 428 g/mol. The van der Waals surface area contributed by atoms with E-state index < -0.39 is 0 Å². The molecule has 0 N–H and O–H groups in total. The fraction of sp³-hybridized carbons (Fsp3) is 0.125. The molecule has 31 heavy (non-hydrogen) atoms. The molecule has 2 aromatic carbocycles. The molecule has 0 unspecified atom stereocenters. The lowest BCUT2D eigenvalue weighted by Gasteiger charge is -2.14. The molecule has 0 aliphatic carbocycles. The summed E-state index contributed by atoms with van der Waals surface area (Å²) in [7, 11) is 1.59. The van der Waals surface area contributed by atoms with E-state index in [2.05, 4.69) is 4.98 Å². The SMILES string of the molecule is COc1cc(/C=C2\SC(=S)N(c3cccc(C)c3)C2=O)ccc1OCc1ccncc1. The van der Waals surface area contributed by atoms with Crippen LogP contribution in [0.5, 0.6) is 11.5 Å². The molecule has 1 aliphatic rings. The summed E-state index contributed by atoms with van der Waals surface area (Å²) in [6.45, 7) is 2.40. The second-order valence-corrected chi connectivity index (χ2v) is 8.59. The van der Waals surface area contributed by atoms with E-state index >= 15 is 0 Å². The number of ether oxygens (including phenoxy) is 2. The number of carbonyl (C=O) groups is 1. The Balaban J connectivity index is 1.54. The summed E-state index contributed by atoms with van der Waals surface area (Å²) < 4.78 is 11.9. The number of pyridine rings is 1. The van der Waals surface area contributed by atoms with Crippen molar-refractivity contribution in [1.29, 1.82) is 0 Å². The van der Waals surface area contributed by atoms with Crippen molar-refractivity contribution in [3.8, 4) is 11.5 Å². The number of carbonyl (C=O) groups excluding carboxylic acids is 1. The van der Waals surface area contributed by atoms with Crippen LogP contribution in [0.15, 0.2) is 71.9 Å². The normalized spacial score (nSPS) is 14.9. The van der Waals surface area contributed by atoms with Crippen LogP contribution < -0.4 is 14.4 Å². The molecular formula is C24H20N2O3S2. The number of methoxy groups -OCH3 is 1. The average molecular weight is 449 g/mol. The predicted molar refractivity (Wildman–Crippen MR) is 128 cm³/mol. The zero-order chi connectivity index (χ0) is 21.8. The van der Waals surface area contributed by atoms with Gasteiger partial charge in [0.1, 0.15) is 6.61 Å². The number of hydrogen-bond acceptors (Lipinski definition) is 6. The lowest BCUT2D eigenvalue weighted by Crippen LogP contribution is -2.27. The lowest BCUT2D eigenvalue weighted by atomic mass is 10.1. The van der Waals surface area contributed by atoms with Gasteiger partial charge >= 0.3 is 0 Å². The number of hydrogen-bond donors (Lipinski definition) is 0. The second-order valence-electron chi connectivity index (χ2n) is 6.91. The Labute approximate surface area is 190 Å². The summed E-state index contributed by atoms with van der Waals surface area (Å²) in [6, 6.07) is 17.1. The number of anilines is 1. The van der Waals surface area contributed by atoms with Crippen LogP contribution in [-0.2, 0) is 11.4 Å². The van der Waals surface area contributed by atoms with Gasteiger partial charge in [-0.25, -0.2) is 0 Å². The Kier molecular flexibility index (Phi) is 6.34. The number of thiocarbonyl (C=S) groups is 1. The maximum atomic E-state index is 13.0. The smallest absolute Gasteiger partial charge is 0.270 e. The number of amides is 1. The van der Waals surface area contributed by atoms with Gasteiger partial charge in [-0.1, -0.05) is 42.2 Å². The molecule has 1 aliphatic heterocycles. The van der Waals surface area contributed by atoms with Crippen LogP contribution in [-0.4, -0.2) is 22.3 Å². The Bertz CT molecular complexity index is 1160. The van der Waals surface area contributed by atoms with Crippen LogP contribution in [0.1, 0.15) is 16.7 Å². The summed E-state index contributed by atoms with van der Waals surface area (Å²) in [6.07, 6.45) is 5.28. The van der Waals surface area contributed by atoms with E-state index in [-0.39, 0.29) is 5.91 Å². The Morgan fingerprint density at radius 3 is 2.65 bits per heavy atom. The van der Waals surface area contributed by atoms with Crippen LogP contribution in [0.4, 0.5) is 5.69 Å². The third-order valence-electron chi connectivity index (χ3n) is 4.68. The third kappa shape index (κ3) is 4.78. The maximum Gasteiger partial charge on any atom is 0.270 e. The molecule has 1 aromatic heterocycles. The van der Waals surface area contributed by atoms with Gasteiger partial charge in [-0.05, 0) is 66.1 Å². The number of nitrogens with zero attached hydrogens (tertiary/aromatic N) is 2. The molecule has 5 nitrogen and oxygen atoms in total. The van der Waals surface area contributed by atoms with Crippen molar-refractivity contribution in [2.24, 2.45) is 0 Å². The van der Waals surface area contributed by atoms with Gasteiger partial charge in [-0.2, -0.15) is 0 Å². The summed E-state index contributed by atoms with van der Waals surface area (Å²) >= 11 is 6.76. The van der Waals surface area contributed by atoms with Crippen molar-refractivity contribution < 1.29 is 14.3 Å². The minimum Gasteiger partial charge on any atom is -0.493 e. The second kappa shape index (κ2) is 9.32. The first-order valence-corrected chi connectivity index (χ1v) is 10.8. The average Bonchev–Trinajstić information content (AvgIpc) is 3.06. The van der Waals surface area contributed by atoms with Crippen molar-refractivity contribution in [3.63, 3.8) is 0 Å². The summed E-state index contributed by atoms with van der Waals surface area (Å²) in [4.78, 5) is 19.1. The quantitative estimate of drug-likeness (QED) is 0.373. The van der Waals surface area contributed by atoms with Crippen LogP contribution in [0, 0.1) is 6.92 Å². The van der Waals surface area contributed by atoms with Crippen LogP contribution in [0.25, 0.3) is 6.08 Å². The minimum atomic E-state index is -0.127. The highest BCUT2D eigenvalue weighted by Gasteiger charge is 2.33. The molecule has 156 valence electrons. The fourth-order valence-electron chi connectivity index (χ4n) is 3.14. The number of rotatable bonds is 6. The molecule has 0 spiro atoms. The van der Waals surface area contributed by atoms with Gasteiger partial charge in [-0.3, -0.25) is 14.7 Å². The number of aromatic nitrogens is 1. The Hall–Kier alpha value is -3.16. The lowest BCUT2D eigenvalue weighted by molar-refractivity contribution is -0.113. The van der Waals surface area contributed by atoms with E-state index in [1.54, 1.807) is 24.4 Å². The first-order valence-electron chi connectivity index (χ1n) is 9.59. The van der Waals surface area contributed by atoms with E-state index in [4.69, 9.17) is 21.7 Å². The zero-order valence-electron chi connectivity index (χ0n) is 17.1. The number of thioether (sulfide) groups is 1. The summed E-state index contributed by atoms with van der Waals surface area (Å²) in [5.74, 6) is 1.10. The van der Waals surface area contributed by atoms with E-state index in [9.17, 15) is 4.79 Å². The first-order chi connectivity index (χ1) is 15.0. The van der Waals surface area contributed by atoms with Gasteiger partial charge < -0.3 is 9.47 Å². The number of benzene rings is 2. The highest BCUT2D eigenvalue weighted by molar-refractivity contribution is 8.27. The molecule has 0 bridgehead atoms. The van der Waals surface area contributed by atoms with E-state index in [0.717, 1.165) is 22.4 Å². The molecule has 7 heteroatoms. The van der Waals surface area contributed by atoms with Crippen LogP contribution in [0.2, 0.25) is 0 Å². The molecule has 0 radical (unpaired) electrons. The standard InChI is InChI=1S/C24H20N2O3S2/c1-16-4-3-5-19(12-16)26-23(27)22(31-24(26)30)14-18-6-7-20(21(13-18)28-2)29-15-17-8-10-25-11-9-17/h3-14H,15H2,1-2H3/b22-14-. The van der Waals surface area contributed by atoms with E-state index in [1.165, 1.54) is 11.8 Å². The highest BCUT2D eigenvalue weighted by atomic mass is 32.2. The molecule has 0 atom stereocenters. The fourth-order valence-corrected chi connectivity index (χ4v) is 4.44. The van der Waals surface area contributed by atoms with Crippen molar-refractivity contribution >= 4 is 46.0 Å². The van der Waals surface area contributed by atoms with E-state index in [1.807, 2.05) is 67.6 Å². The molecule has 1 amide bonds. The van der Waals surface area contributed by atoms with Gasteiger partial charge in [0.05, 0.1) is 17.7 Å². The van der Waals surface area contributed by atoms with Crippen molar-refractivity contribution in [1.82, 2.24) is 4.98 Å². The van der Waals surface area contributed by atoms with Gasteiger partial charge in [0, 0.05) is 12.4 Å².